The summed E-state index contributed by atoms with van der Waals surface area (Å²) in [6.07, 6.45) is 0. The highest BCUT2D eigenvalue weighted by Crippen LogP contribution is 2.30. The van der Waals surface area contributed by atoms with Gasteiger partial charge in [-0.3, -0.25) is 9.59 Å². The van der Waals surface area contributed by atoms with Crippen LogP contribution in [0.2, 0.25) is 0 Å². The maximum atomic E-state index is 12.5. The molecule has 0 aromatic heterocycles. The first-order valence-electron chi connectivity index (χ1n) is 11.3. The number of methoxy groups -OCH3 is 1. The number of benzene rings is 2. The summed E-state index contributed by atoms with van der Waals surface area (Å²) in [5.41, 5.74) is 4.12. The molecule has 0 fully saturated rings. The van der Waals surface area contributed by atoms with Crippen molar-refractivity contribution in [1.82, 2.24) is 10.3 Å². The van der Waals surface area contributed by atoms with Gasteiger partial charge in [-0.15, -0.1) is 0 Å². The van der Waals surface area contributed by atoms with Crippen LogP contribution in [0.25, 0.3) is 22.6 Å². The molecule has 0 radical (unpaired) electrons. The van der Waals surface area contributed by atoms with Crippen LogP contribution >= 0.6 is 0 Å². The number of nitrogens with zero attached hydrogens (tertiary/aromatic N) is 1. The summed E-state index contributed by atoms with van der Waals surface area (Å²) < 4.78 is 27.1. The van der Waals surface area contributed by atoms with Crippen LogP contribution in [0, 0.1) is 20.8 Å². The van der Waals surface area contributed by atoms with Crippen molar-refractivity contribution in [3.8, 4) is 11.5 Å². The zero-order valence-corrected chi connectivity index (χ0v) is 20.2. The van der Waals surface area contributed by atoms with Gasteiger partial charge < -0.3 is 28.7 Å². The summed E-state index contributed by atoms with van der Waals surface area (Å²) >= 11 is 0. The predicted octanol–water partition coefficient (Wildman–Crippen LogP) is 2.64. The monoisotopic (exact) mass is 472 g/mol. The Balaban J connectivity index is 1.48. The van der Waals surface area contributed by atoms with E-state index in [1.54, 1.807) is 39.2 Å². The second-order valence-electron chi connectivity index (χ2n) is 7.86. The van der Waals surface area contributed by atoms with E-state index in [1.807, 2.05) is 6.92 Å². The highest BCUT2D eigenvalue weighted by atomic mass is 16.6. The van der Waals surface area contributed by atoms with Crippen LogP contribution in [0.15, 0.2) is 27.4 Å². The topological polar surface area (TPSA) is 109 Å². The average Bonchev–Trinajstić information content (AvgIpc) is 2.85. The van der Waals surface area contributed by atoms with Crippen molar-refractivity contribution in [2.45, 2.75) is 20.8 Å². The minimum absolute atomic E-state index is 0.0513. The lowest BCUT2D eigenvalue weighted by molar-refractivity contribution is 0.00415. The van der Waals surface area contributed by atoms with E-state index in [9.17, 15) is 9.59 Å². The first kappa shape index (κ1) is 25.8. The molecule has 1 aromatic carbocycles. The molecule has 34 heavy (non-hydrogen) atoms. The van der Waals surface area contributed by atoms with Crippen molar-refractivity contribution in [1.29, 1.82) is 0 Å². The van der Waals surface area contributed by atoms with Gasteiger partial charge in [0.05, 0.1) is 46.2 Å². The Kier molecular flexibility index (Phi) is 9.52. The Labute approximate surface area is 198 Å². The fraction of sp³-hybridized carbons (Fsp3) is 0.480. The van der Waals surface area contributed by atoms with Gasteiger partial charge in [0.1, 0.15) is 11.2 Å². The summed E-state index contributed by atoms with van der Waals surface area (Å²) in [4.78, 5) is 29.6. The standard InChI is InChI=1S/C25H32N2O7/c1-16-17(2)23(28)18(3)24-22(16)27-20-6-5-19(15-21(20)34-24)25(29)26-7-8-31-11-12-33-14-13-32-10-9-30-4/h5-6,15H,7-14H2,1-4H3,(H,26,29). The van der Waals surface area contributed by atoms with Gasteiger partial charge in [-0.1, -0.05) is 0 Å². The second kappa shape index (κ2) is 12.6. The molecule has 0 saturated heterocycles. The fourth-order valence-corrected chi connectivity index (χ4v) is 3.42. The maximum Gasteiger partial charge on any atom is 0.251 e. The van der Waals surface area contributed by atoms with Crippen molar-refractivity contribution in [3.63, 3.8) is 0 Å². The van der Waals surface area contributed by atoms with E-state index in [-0.39, 0.29) is 11.3 Å². The first-order chi connectivity index (χ1) is 16.4. The minimum Gasteiger partial charge on any atom is -0.452 e. The summed E-state index contributed by atoms with van der Waals surface area (Å²) in [7, 11) is 1.63. The van der Waals surface area contributed by atoms with Crippen LogP contribution < -0.4 is 10.7 Å². The maximum absolute atomic E-state index is 12.5. The molecule has 1 amide bonds. The molecule has 0 spiro atoms. The van der Waals surface area contributed by atoms with Gasteiger partial charge in [-0.2, -0.15) is 0 Å². The SMILES string of the molecule is COCCOCCOCCOCCNC(=O)c1ccc2nc3c(C)c(C)c(=O)c(C)c-3oc2c1. The largest absolute Gasteiger partial charge is 0.452 e. The molecule has 1 aromatic rings. The molecule has 3 rings (SSSR count). The molecule has 1 heterocycles. The molecule has 0 atom stereocenters. The molecule has 0 unspecified atom stereocenters. The van der Waals surface area contributed by atoms with Crippen LogP contribution in [-0.2, 0) is 18.9 Å². The number of amides is 1. The van der Waals surface area contributed by atoms with Gasteiger partial charge in [0.2, 0.25) is 0 Å². The van der Waals surface area contributed by atoms with Gasteiger partial charge in [-0.25, -0.2) is 4.98 Å². The summed E-state index contributed by atoms with van der Waals surface area (Å²) in [6.45, 7) is 9.13. The van der Waals surface area contributed by atoms with Crippen molar-refractivity contribution in [3.05, 3.63) is 50.7 Å². The number of aromatic nitrogens is 1. The number of carbonyl (C=O) groups is 1. The highest BCUT2D eigenvalue weighted by Gasteiger charge is 2.20. The lowest BCUT2D eigenvalue weighted by Crippen LogP contribution is -2.27. The molecular weight excluding hydrogens is 440 g/mol. The zero-order valence-electron chi connectivity index (χ0n) is 20.2. The van der Waals surface area contributed by atoms with Crippen LogP contribution in [-0.4, -0.2) is 70.8 Å². The van der Waals surface area contributed by atoms with Crippen LogP contribution in [0.3, 0.4) is 0 Å². The van der Waals surface area contributed by atoms with E-state index < -0.39 is 0 Å². The van der Waals surface area contributed by atoms with Crippen molar-refractivity contribution in [2.75, 3.05) is 59.9 Å². The minimum atomic E-state index is -0.244. The Hall–Kier alpha value is -2.85. The number of carbonyl (C=O) groups excluding carboxylic acids is 1. The van der Waals surface area contributed by atoms with Crippen LogP contribution in [0.1, 0.15) is 27.0 Å². The summed E-state index contributed by atoms with van der Waals surface area (Å²) in [6, 6.07) is 5.08. The van der Waals surface area contributed by atoms with E-state index in [0.717, 1.165) is 5.56 Å². The third-order valence-corrected chi connectivity index (χ3v) is 5.53. The zero-order chi connectivity index (χ0) is 24.5. The quantitative estimate of drug-likeness (QED) is 0.299. The van der Waals surface area contributed by atoms with E-state index in [1.165, 1.54) is 0 Å². The number of hydrogen-bond donors (Lipinski definition) is 1. The van der Waals surface area contributed by atoms with Crippen molar-refractivity contribution >= 4 is 17.0 Å². The number of ether oxygens (including phenoxy) is 4. The van der Waals surface area contributed by atoms with Gasteiger partial charge in [0.25, 0.3) is 5.91 Å². The smallest absolute Gasteiger partial charge is 0.251 e. The summed E-state index contributed by atoms with van der Waals surface area (Å²) in [5.74, 6) is 0.210. The molecular formula is C25H32N2O7. The summed E-state index contributed by atoms with van der Waals surface area (Å²) in [5, 5.41) is 2.82. The first-order valence-corrected chi connectivity index (χ1v) is 11.3. The van der Waals surface area contributed by atoms with Gasteiger partial charge in [0, 0.05) is 30.3 Å². The number of hydrogen-bond acceptors (Lipinski definition) is 8. The molecule has 1 aliphatic heterocycles. The molecule has 1 N–H and O–H groups in total. The Morgan fingerprint density at radius 1 is 0.912 bits per heavy atom. The fourth-order valence-electron chi connectivity index (χ4n) is 3.42. The molecule has 0 bridgehead atoms. The lowest BCUT2D eigenvalue weighted by atomic mass is 9.99. The van der Waals surface area contributed by atoms with Crippen molar-refractivity contribution in [2.24, 2.45) is 0 Å². The van der Waals surface area contributed by atoms with Gasteiger partial charge >= 0.3 is 0 Å². The van der Waals surface area contributed by atoms with E-state index in [4.69, 9.17) is 23.4 Å². The molecule has 9 heteroatoms. The Morgan fingerprint density at radius 3 is 2.24 bits per heavy atom. The molecule has 0 saturated carbocycles. The second-order valence-corrected chi connectivity index (χ2v) is 7.86. The predicted molar refractivity (Wildman–Crippen MR) is 128 cm³/mol. The Bertz CT molecular complexity index is 1140. The van der Waals surface area contributed by atoms with Crippen LogP contribution in [0.4, 0.5) is 0 Å². The Morgan fingerprint density at radius 2 is 1.56 bits per heavy atom. The third kappa shape index (κ3) is 6.38. The van der Waals surface area contributed by atoms with E-state index in [0.29, 0.717) is 92.0 Å². The highest BCUT2D eigenvalue weighted by molar-refractivity contribution is 5.97. The number of rotatable bonds is 13. The van der Waals surface area contributed by atoms with Crippen LogP contribution in [0.5, 0.6) is 0 Å². The van der Waals surface area contributed by atoms with E-state index in [2.05, 4.69) is 10.3 Å². The average molecular weight is 473 g/mol. The molecule has 1 aliphatic carbocycles. The third-order valence-electron chi connectivity index (χ3n) is 5.53. The normalized spacial score (nSPS) is 11.4. The number of nitrogens with one attached hydrogen (secondary N) is 1. The molecule has 184 valence electrons. The number of fused-ring (bicyclic) bond motifs is 2. The van der Waals surface area contributed by atoms with Gasteiger partial charge in [0.15, 0.2) is 16.8 Å². The van der Waals surface area contributed by atoms with E-state index >= 15 is 0 Å². The molecule has 9 nitrogen and oxygen atoms in total. The van der Waals surface area contributed by atoms with Gasteiger partial charge in [-0.05, 0) is 44.5 Å². The molecule has 2 aliphatic rings. The lowest BCUT2D eigenvalue weighted by Gasteiger charge is -2.14. The van der Waals surface area contributed by atoms with Crippen molar-refractivity contribution < 1.29 is 28.2 Å².